The third kappa shape index (κ3) is 3.08. The predicted octanol–water partition coefficient (Wildman–Crippen LogP) is 3.43. The normalized spacial score (nSPS) is 10.4. The molecule has 3 heteroatoms. The van der Waals surface area contributed by atoms with Crippen LogP contribution in [0, 0.1) is 12.7 Å². The molecule has 0 fully saturated rings. The Balaban J connectivity index is 2.25. The molecule has 0 unspecified atom stereocenters. The Labute approximate surface area is 106 Å². The Morgan fingerprint density at radius 2 is 1.83 bits per heavy atom. The van der Waals surface area contributed by atoms with Gasteiger partial charge in [0.2, 0.25) is 0 Å². The van der Waals surface area contributed by atoms with Crippen molar-refractivity contribution in [1.29, 1.82) is 0 Å². The molecule has 0 radical (unpaired) electrons. The van der Waals surface area contributed by atoms with Crippen LogP contribution in [-0.4, -0.2) is 6.54 Å². The van der Waals surface area contributed by atoms with Gasteiger partial charge in [-0.1, -0.05) is 17.7 Å². The Morgan fingerprint density at radius 1 is 1.11 bits per heavy atom. The van der Waals surface area contributed by atoms with Gasteiger partial charge in [-0.2, -0.15) is 0 Å². The van der Waals surface area contributed by atoms with Crippen molar-refractivity contribution in [3.63, 3.8) is 0 Å². The van der Waals surface area contributed by atoms with E-state index in [4.69, 9.17) is 10.5 Å². The largest absolute Gasteiger partial charge is 0.457 e. The molecule has 18 heavy (non-hydrogen) atoms. The molecule has 0 aromatic heterocycles. The summed E-state index contributed by atoms with van der Waals surface area (Å²) in [5, 5.41) is 0. The van der Waals surface area contributed by atoms with Gasteiger partial charge in [0.1, 0.15) is 17.3 Å². The zero-order chi connectivity index (χ0) is 13.0. The summed E-state index contributed by atoms with van der Waals surface area (Å²) >= 11 is 0. The third-order valence-corrected chi connectivity index (χ3v) is 2.69. The summed E-state index contributed by atoms with van der Waals surface area (Å²) in [6, 6.07) is 12.2. The van der Waals surface area contributed by atoms with Crippen LogP contribution in [-0.2, 0) is 6.42 Å². The maximum absolute atomic E-state index is 13.2. The summed E-state index contributed by atoms with van der Waals surface area (Å²) in [5.41, 5.74) is 7.47. The Hall–Kier alpha value is -1.87. The maximum atomic E-state index is 13.2. The highest BCUT2D eigenvalue weighted by Crippen LogP contribution is 2.26. The fourth-order valence-corrected chi connectivity index (χ4v) is 1.73. The topological polar surface area (TPSA) is 35.2 Å². The van der Waals surface area contributed by atoms with Gasteiger partial charge in [-0.05, 0) is 55.8 Å². The van der Waals surface area contributed by atoms with Gasteiger partial charge in [0.25, 0.3) is 0 Å². The summed E-state index contributed by atoms with van der Waals surface area (Å²) in [5.74, 6) is 1.13. The van der Waals surface area contributed by atoms with E-state index in [0.717, 1.165) is 11.3 Å². The summed E-state index contributed by atoms with van der Waals surface area (Å²) < 4.78 is 18.9. The molecule has 2 aromatic carbocycles. The third-order valence-electron chi connectivity index (χ3n) is 2.69. The van der Waals surface area contributed by atoms with E-state index in [1.54, 1.807) is 6.07 Å². The predicted molar refractivity (Wildman–Crippen MR) is 70.4 cm³/mol. The van der Waals surface area contributed by atoms with Crippen molar-refractivity contribution in [2.75, 3.05) is 6.54 Å². The molecule has 94 valence electrons. The molecule has 0 atom stereocenters. The lowest BCUT2D eigenvalue weighted by Crippen LogP contribution is -2.04. The highest BCUT2D eigenvalue weighted by atomic mass is 19.1. The van der Waals surface area contributed by atoms with E-state index < -0.39 is 0 Å². The quantitative estimate of drug-likeness (QED) is 0.895. The molecule has 0 amide bonds. The first-order valence-electron chi connectivity index (χ1n) is 5.92. The molecule has 0 saturated carbocycles. The minimum absolute atomic E-state index is 0.269. The molecule has 2 nitrogen and oxygen atoms in total. The molecule has 0 aliphatic rings. The van der Waals surface area contributed by atoms with Crippen LogP contribution in [0.3, 0.4) is 0 Å². The number of hydrogen-bond acceptors (Lipinski definition) is 2. The van der Waals surface area contributed by atoms with Gasteiger partial charge < -0.3 is 10.5 Å². The lowest BCUT2D eigenvalue weighted by Gasteiger charge is -2.11. The highest BCUT2D eigenvalue weighted by Gasteiger charge is 2.06. The smallest absolute Gasteiger partial charge is 0.130 e. The molecule has 2 aromatic rings. The number of halogens is 1. The van der Waals surface area contributed by atoms with Gasteiger partial charge in [-0.3, -0.25) is 0 Å². The van der Waals surface area contributed by atoms with E-state index in [-0.39, 0.29) is 5.82 Å². The van der Waals surface area contributed by atoms with Crippen molar-refractivity contribution in [3.8, 4) is 11.5 Å². The first-order valence-corrected chi connectivity index (χ1v) is 5.92. The zero-order valence-corrected chi connectivity index (χ0v) is 10.3. The first-order chi connectivity index (χ1) is 8.69. The molecule has 0 aliphatic heterocycles. The average Bonchev–Trinajstić information content (AvgIpc) is 2.36. The second-order valence-electron chi connectivity index (χ2n) is 4.21. The van der Waals surface area contributed by atoms with Crippen LogP contribution < -0.4 is 10.5 Å². The van der Waals surface area contributed by atoms with Gasteiger partial charge in [0.05, 0.1) is 0 Å². The minimum atomic E-state index is -0.269. The molecule has 0 saturated heterocycles. The van der Waals surface area contributed by atoms with E-state index in [9.17, 15) is 4.39 Å². The summed E-state index contributed by atoms with van der Waals surface area (Å²) in [6.45, 7) is 2.48. The van der Waals surface area contributed by atoms with Crippen molar-refractivity contribution >= 4 is 0 Å². The average molecular weight is 245 g/mol. The number of nitrogens with two attached hydrogens (primary N) is 1. The summed E-state index contributed by atoms with van der Waals surface area (Å²) in [4.78, 5) is 0. The second kappa shape index (κ2) is 5.65. The van der Waals surface area contributed by atoms with Gasteiger partial charge in [0, 0.05) is 0 Å². The molecule has 0 spiro atoms. The lowest BCUT2D eigenvalue weighted by atomic mass is 10.1. The molecule has 0 aliphatic carbocycles. The Bertz CT molecular complexity index is 523. The minimum Gasteiger partial charge on any atom is -0.457 e. The zero-order valence-electron chi connectivity index (χ0n) is 10.3. The van der Waals surface area contributed by atoms with Crippen molar-refractivity contribution < 1.29 is 9.13 Å². The molecule has 0 bridgehead atoms. The number of ether oxygens (including phenoxy) is 1. The highest BCUT2D eigenvalue weighted by molar-refractivity contribution is 5.39. The molecular formula is C15H16FNO. The van der Waals surface area contributed by atoms with Crippen LogP contribution >= 0.6 is 0 Å². The van der Waals surface area contributed by atoms with E-state index >= 15 is 0 Å². The van der Waals surface area contributed by atoms with Crippen LogP contribution in [0.1, 0.15) is 11.1 Å². The monoisotopic (exact) mass is 245 g/mol. The first kappa shape index (κ1) is 12.6. The number of aryl methyl sites for hydroxylation is 1. The van der Waals surface area contributed by atoms with Crippen molar-refractivity contribution in [2.45, 2.75) is 13.3 Å². The number of hydrogen-bond donors (Lipinski definition) is 1. The van der Waals surface area contributed by atoms with Crippen molar-refractivity contribution in [1.82, 2.24) is 0 Å². The van der Waals surface area contributed by atoms with E-state index in [1.807, 2.05) is 31.2 Å². The Morgan fingerprint density at radius 3 is 2.50 bits per heavy atom. The van der Waals surface area contributed by atoms with E-state index in [0.29, 0.717) is 18.7 Å². The van der Waals surface area contributed by atoms with Crippen molar-refractivity contribution in [3.05, 3.63) is 59.4 Å². The summed E-state index contributed by atoms with van der Waals surface area (Å²) in [6.07, 6.45) is 0.596. The fraction of sp³-hybridized carbons (Fsp3) is 0.200. The summed E-state index contributed by atoms with van der Waals surface area (Å²) in [7, 11) is 0. The maximum Gasteiger partial charge on any atom is 0.130 e. The van der Waals surface area contributed by atoms with E-state index in [2.05, 4.69) is 0 Å². The van der Waals surface area contributed by atoms with Crippen LogP contribution in [0.25, 0.3) is 0 Å². The van der Waals surface area contributed by atoms with Gasteiger partial charge in [-0.25, -0.2) is 4.39 Å². The molecule has 2 rings (SSSR count). The molecular weight excluding hydrogens is 229 g/mol. The number of rotatable bonds is 4. The SMILES string of the molecule is Cc1ccc(Oc2ccc(F)cc2CCN)cc1. The van der Waals surface area contributed by atoms with Crippen LogP contribution in [0.5, 0.6) is 11.5 Å². The molecule has 2 N–H and O–H groups in total. The lowest BCUT2D eigenvalue weighted by molar-refractivity contribution is 0.473. The van der Waals surface area contributed by atoms with Crippen molar-refractivity contribution in [2.24, 2.45) is 5.73 Å². The van der Waals surface area contributed by atoms with E-state index in [1.165, 1.54) is 17.7 Å². The standard InChI is InChI=1S/C15H16FNO/c1-11-2-5-14(6-3-11)18-15-7-4-13(16)10-12(15)8-9-17/h2-7,10H,8-9,17H2,1H3. The van der Waals surface area contributed by atoms with Crippen LogP contribution in [0.15, 0.2) is 42.5 Å². The van der Waals surface area contributed by atoms with Crippen LogP contribution in [0.4, 0.5) is 4.39 Å². The number of benzene rings is 2. The molecule has 0 heterocycles. The van der Waals surface area contributed by atoms with Gasteiger partial charge in [0.15, 0.2) is 0 Å². The second-order valence-corrected chi connectivity index (χ2v) is 4.21. The Kier molecular flexibility index (Phi) is 3.95. The van der Waals surface area contributed by atoms with Gasteiger partial charge >= 0.3 is 0 Å². The fourth-order valence-electron chi connectivity index (χ4n) is 1.73. The van der Waals surface area contributed by atoms with Crippen LogP contribution in [0.2, 0.25) is 0 Å². The van der Waals surface area contributed by atoms with Gasteiger partial charge in [-0.15, -0.1) is 0 Å².